The van der Waals surface area contributed by atoms with Gasteiger partial charge in [-0.05, 0) is 43.0 Å². The molecule has 0 amide bonds. The van der Waals surface area contributed by atoms with Crippen LogP contribution in [0.2, 0.25) is 0 Å². The highest BCUT2D eigenvalue weighted by atomic mass is 79.9. The molecule has 5 heteroatoms. The summed E-state index contributed by atoms with van der Waals surface area (Å²) in [5, 5.41) is 4.46. The molecule has 3 nitrogen and oxygen atoms in total. The Bertz CT molecular complexity index is 519. The number of nitrogens with zero attached hydrogens (tertiary/aromatic N) is 2. The topological polar surface area (TPSA) is 37.8 Å². The number of aromatic nitrogens is 2. The minimum atomic E-state index is 0.922. The molecule has 0 saturated heterocycles. The van der Waals surface area contributed by atoms with E-state index in [-0.39, 0.29) is 0 Å². The highest BCUT2D eigenvalue weighted by molar-refractivity contribution is 9.10. The van der Waals surface area contributed by atoms with E-state index in [9.17, 15) is 0 Å². The molecule has 0 radical (unpaired) electrons. The number of rotatable bonds is 6. The Hall–Kier alpha value is -0.810. The summed E-state index contributed by atoms with van der Waals surface area (Å²) in [5.41, 5.74) is 0.972. The van der Waals surface area contributed by atoms with Crippen LogP contribution in [-0.2, 0) is 0 Å². The third-order valence-corrected chi connectivity index (χ3v) is 3.86. The first-order valence-electron chi connectivity index (χ1n) is 5.94. The lowest BCUT2D eigenvalue weighted by molar-refractivity contribution is 0.840. The van der Waals surface area contributed by atoms with Gasteiger partial charge >= 0.3 is 0 Å². The molecule has 1 aromatic heterocycles. The zero-order valence-electron chi connectivity index (χ0n) is 10.3. The van der Waals surface area contributed by atoms with Crippen LogP contribution in [0.4, 0.5) is 5.82 Å². The Morgan fingerprint density at radius 2 is 2.17 bits per heavy atom. The zero-order chi connectivity index (χ0) is 12.8. The summed E-state index contributed by atoms with van der Waals surface area (Å²) in [6.07, 6.45) is 6.16. The van der Waals surface area contributed by atoms with Crippen molar-refractivity contribution in [3.05, 3.63) is 29.0 Å². The predicted molar refractivity (Wildman–Crippen MR) is 83.3 cm³/mol. The monoisotopic (exact) mass is 325 g/mol. The summed E-state index contributed by atoms with van der Waals surface area (Å²) in [6.45, 7) is 0.958. The molecule has 0 aliphatic rings. The molecule has 18 heavy (non-hydrogen) atoms. The fourth-order valence-electron chi connectivity index (χ4n) is 1.75. The lowest BCUT2D eigenvalue weighted by Crippen LogP contribution is -2.04. The molecule has 1 N–H and O–H groups in total. The van der Waals surface area contributed by atoms with Crippen LogP contribution >= 0.6 is 27.7 Å². The van der Waals surface area contributed by atoms with Gasteiger partial charge in [0.1, 0.15) is 12.1 Å². The Balaban J connectivity index is 2.05. The summed E-state index contributed by atoms with van der Waals surface area (Å²) < 4.78 is 1.05. The lowest BCUT2D eigenvalue weighted by Gasteiger charge is -2.08. The maximum absolute atomic E-state index is 4.32. The van der Waals surface area contributed by atoms with Crippen molar-refractivity contribution in [3.63, 3.8) is 0 Å². The molecule has 1 aromatic carbocycles. The first kappa shape index (κ1) is 13.6. The third-order valence-electron chi connectivity index (χ3n) is 2.67. The van der Waals surface area contributed by atoms with Gasteiger partial charge in [-0.1, -0.05) is 15.9 Å². The average molecular weight is 326 g/mol. The van der Waals surface area contributed by atoms with Gasteiger partial charge in [-0.25, -0.2) is 9.97 Å². The van der Waals surface area contributed by atoms with Crippen LogP contribution in [0.15, 0.2) is 29.0 Å². The van der Waals surface area contributed by atoms with Gasteiger partial charge in [-0.3, -0.25) is 0 Å². The molecular weight excluding hydrogens is 310 g/mol. The van der Waals surface area contributed by atoms with Gasteiger partial charge in [0.25, 0.3) is 0 Å². The predicted octanol–water partition coefficient (Wildman–Crippen LogP) is 3.95. The van der Waals surface area contributed by atoms with E-state index in [2.05, 4.69) is 43.5 Å². The maximum atomic E-state index is 4.32. The van der Waals surface area contributed by atoms with E-state index >= 15 is 0 Å². The molecule has 0 unspecified atom stereocenters. The number of benzene rings is 1. The Morgan fingerprint density at radius 1 is 1.28 bits per heavy atom. The fourth-order valence-corrected chi connectivity index (χ4v) is 2.60. The van der Waals surface area contributed by atoms with Gasteiger partial charge in [-0.2, -0.15) is 11.8 Å². The van der Waals surface area contributed by atoms with Crippen LogP contribution < -0.4 is 5.32 Å². The SMILES string of the molecule is CSCCCCNc1ncnc2ccc(Br)cc12. The second-order valence-electron chi connectivity index (χ2n) is 4.01. The minimum absolute atomic E-state index is 0.922. The van der Waals surface area contributed by atoms with Crippen molar-refractivity contribution in [2.75, 3.05) is 23.9 Å². The van der Waals surface area contributed by atoms with E-state index in [0.29, 0.717) is 0 Å². The van der Waals surface area contributed by atoms with E-state index in [1.54, 1.807) is 6.33 Å². The van der Waals surface area contributed by atoms with E-state index in [1.807, 2.05) is 23.9 Å². The zero-order valence-corrected chi connectivity index (χ0v) is 12.7. The number of halogens is 1. The minimum Gasteiger partial charge on any atom is -0.369 e. The second-order valence-corrected chi connectivity index (χ2v) is 5.91. The summed E-state index contributed by atoms with van der Waals surface area (Å²) in [5.74, 6) is 2.14. The van der Waals surface area contributed by atoms with Crippen molar-refractivity contribution in [1.82, 2.24) is 9.97 Å². The third kappa shape index (κ3) is 3.59. The molecule has 0 fully saturated rings. The number of nitrogens with one attached hydrogen (secondary N) is 1. The summed E-state index contributed by atoms with van der Waals surface area (Å²) in [6, 6.07) is 6.05. The largest absolute Gasteiger partial charge is 0.369 e. The van der Waals surface area contributed by atoms with Gasteiger partial charge in [0.2, 0.25) is 0 Å². The smallest absolute Gasteiger partial charge is 0.137 e. The molecule has 96 valence electrons. The van der Waals surface area contributed by atoms with Crippen LogP contribution in [0.3, 0.4) is 0 Å². The average Bonchev–Trinajstić information content (AvgIpc) is 2.39. The summed E-state index contributed by atoms with van der Waals surface area (Å²) in [7, 11) is 0. The molecule has 0 bridgehead atoms. The Labute approximate surface area is 120 Å². The highest BCUT2D eigenvalue weighted by Gasteiger charge is 2.03. The van der Waals surface area contributed by atoms with Crippen molar-refractivity contribution in [2.24, 2.45) is 0 Å². The highest BCUT2D eigenvalue weighted by Crippen LogP contribution is 2.23. The van der Waals surface area contributed by atoms with E-state index in [1.165, 1.54) is 18.6 Å². The normalized spacial score (nSPS) is 10.8. The van der Waals surface area contributed by atoms with Crippen LogP contribution in [-0.4, -0.2) is 28.5 Å². The number of anilines is 1. The van der Waals surface area contributed by atoms with E-state index < -0.39 is 0 Å². The first-order valence-corrected chi connectivity index (χ1v) is 8.13. The number of thioether (sulfide) groups is 1. The molecule has 2 aromatic rings. The van der Waals surface area contributed by atoms with E-state index in [4.69, 9.17) is 0 Å². The van der Waals surface area contributed by atoms with Crippen LogP contribution in [0.1, 0.15) is 12.8 Å². The van der Waals surface area contributed by atoms with Crippen LogP contribution in [0, 0.1) is 0 Å². The standard InChI is InChI=1S/C13H16BrN3S/c1-18-7-3-2-6-15-13-11-8-10(14)4-5-12(11)16-9-17-13/h4-5,8-9H,2-3,6-7H2,1H3,(H,15,16,17). The van der Waals surface area contributed by atoms with Gasteiger partial charge in [0.15, 0.2) is 0 Å². The van der Waals surface area contributed by atoms with Crippen molar-refractivity contribution in [3.8, 4) is 0 Å². The molecule has 0 aliphatic heterocycles. The summed E-state index contributed by atoms with van der Waals surface area (Å²) >= 11 is 5.38. The van der Waals surface area contributed by atoms with Crippen molar-refractivity contribution in [2.45, 2.75) is 12.8 Å². The van der Waals surface area contributed by atoms with Gasteiger partial charge in [0.05, 0.1) is 5.52 Å². The molecule has 0 saturated carbocycles. The summed E-state index contributed by atoms with van der Waals surface area (Å²) in [4.78, 5) is 8.58. The van der Waals surface area contributed by atoms with Gasteiger partial charge in [0, 0.05) is 16.4 Å². The number of hydrogen-bond donors (Lipinski definition) is 1. The Kier molecular flexibility index (Phi) is 5.26. The lowest BCUT2D eigenvalue weighted by atomic mass is 10.2. The Morgan fingerprint density at radius 3 is 3.00 bits per heavy atom. The van der Waals surface area contributed by atoms with Crippen LogP contribution in [0.5, 0.6) is 0 Å². The second kappa shape index (κ2) is 6.95. The molecule has 1 heterocycles. The number of unbranched alkanes of at least 4 members (excludes halogenated alkanes) is 1. The number of fused-ring (bicyclic) bond motifs is 1. The van der Waals surface area contributed by atoms with Crippen LogP contribution in [0.25, 0.3) is 10.9 Å². The molecule has 0 atom stereocenters. The first-order chi connectivity index (χ1) is 8.81. The van der Waals surface area contributed by atoms with Crippen molar-refractivity contribution >= 4 is 44.4 Å². The quantitative estimate of drug-likeness (QED) is 0.816. The van der Waals surface area contributed by atoms with Crippen molar-refractivity contribution < 1.29 is 0 Å². The molecule has 2 rings (SSSR count). The van der Waals surface area contributed by atoms with Crippen molar-refractivity contribution in [1.29, 1.82) is 0 Å². The maximum Gasteiger partial charge on any atom is 0.137 e. The van der Waals surface area contributed by atoms with E-state index in [0.717, 1.165) is 27.7 Å². The van der Waals surface area contributed by atoms with Gasteiger partial charge < -0.3 is 5.32 Å². The fraction of sp³-hybridized carbons (Fsp3) is 0.385. The molecule has 0 spiro atoms. The van der Waals surface area contributed by atoms with Gasteiger partial charge in [-0.15, -0.1) is 0 Å². The molecular formula is C13H16BrN3S. The molecule has 0 aliphatic carbocycles. The number of hydrogen-bond acceptors (Lipinski definition) is 4.